The van der Waals surface area contributed by atoms with Crippen molar-refractivity contribution in [3.05, 3.63) is 54.0 Å². The molecule has 0 aliphatic carbocycles. The quantitative estimate of drug-likeness (QED) is 0.751. The van der Waals surface area contributed by atoms with E-state index in [9.17, 15) is 14.4 Å². The highest BCUT2D eigenvalue weighted by atomic mass is 16.5. The zero-order chi connectivity index (χ0) is 18.2. The van der Waals surface area contributed by atoms with Crippen LogP contribution >= 0.6 is 0 Å². The van der Waals surface area contributed by atoms with Crippen LogP contribution in [0.5, 0.6) is 0 Å². The lowest BCUT2D eigenvalue weighted by Gasteiger charge is -2.11. The highest BCUT2D eigenvalue weighted by Crippen LogP contribution is 2.12. The number of esters is 1. The van der Waals surface area contributed by atoms with Gasteiger partial charge in [0.1, 0.15) is 5.76 Å². The molecule has 1 aromatic carbocycles. The third-order valence-corrected chi connectivity index (χ3v) is 3.33. The van der Waals surface area contributed by atoms with Gasteiger partial charge in [-0.25, -0.2) is 0 Å². The number of furan rings is 1. The first-order valence-corrected chi connectivity index (χ1v) is 7.79. The van der Waals surface area contributed by atoms with Crippen molar-refractivity contribution in [2.24, 2.45) is 0 Å². The maximum Gasteiger partial charge on any atom is 0.310 e. The largest absolute Gasteiger partial charge is 0.467 e. The maximum absolute atomic E-state index is 11.8. The molecule has 132 valence electrons. The molecule has 1 atom stereocenters. The minimum absolute atomic E-state index is 0.0430. The predicted octanol–water partition coefficient (Wildman–Crippen LogP) is 2.20. The van der Waals surface area contributed by atoms with E-state index in [-0.39, 0.29) is 25.0 Å². The summed E-state index contributed by atoms with van der Waals surface area (Å²) in [5.41, 5.74) is 1.37. The van der Waals surface area contributed by atoms with E-state index in [2.05, 4.69) is 10.6 Å². The molecule has 2 aromatic rings. The van der Waals surface area contributed by atoms with E-state index in [0.717, 1.165) is 5.56 Å². The second-order valence-corrected chi connectivity index (χ2v) is 5.52. The van der Waals surface area contributed by atoms with E-state index < -0.39 is 11.9 Å². The van der Waals surface area contributed by atoms with Crippen molar-refractivity contribution in [2.75, 3.05) is 11.9 Å². The van der Waals surface area contributed by atoms with Gasteiger partial charge in [0.2, 0.25) is 5.91 Å². The molecule has 2 amide bonds. The van der Waals surface area contributed by atoms with E-state index in [4.69, 9.17) is 9.15 Å². The van der Waals surface area contributed by atoms with Crippen LogP contribution in [0.25, 0.3) is 0 Å². The Morgan fingerprint density at radius 2 is 1.88 bits per heavy atom. The summed E-state index contributed by atoms with van der Waals surface area (Å²) in [6.45, 7) is 2.84. The molecule has 0 bridgehead atoms. The summed E-state index contributed by atoms with van der Waals surface area (Å²) in [6, 6.07) is 10.00. The SMILES string of the molecule is CC(=O)Nc1ccc(CC(=O)OCC(=O)N[C@H](C)c2ccco2)cc1. The molecular formula is C18H20N2O5. The number of rotatable bonds is 7. The molecule has 1 heterocycles. The van der Waals surface area contributed by atoms with Crippen LogP contribution in [-0.4, -0.2) is 24.4 Å². The number of carbonyl (C=O) groups is 3. The average Bonchev–Trinajstić information content (AvgIpc) is 3.09. The molecule has 0 aliphatic rings. The summed E-state index contributed by atoms with van der Waals surface area (Å²) >= 11 is 0. The smallest absolute Gasteiger partial charge is 0.310 e. The van der Waals surface area contributed by atoms with Gasteiger partial charge < -0.3 is 19.8 Å². The van der Waals surface area contributed by atoms with Crippen LogP contribution in [-0.2, 0) is 25.5 Å². The first-order valence-electron chi connectivity index (χ1n) is 7.79. The van der Waals surface area contributed by atoms with Gasteiger partial charge >= 0.3 is 5.97 Å². The Bertz CT molecular complexity index is 722. The predicted molar refractivity (Wildman–Crippen MR) is 90.7 cm³/mol. The van der Waals surface area contributed by atoms with Crippen molar-refractivity contribution < 1.29 is 23.5 Å². The van der Waals surface area contributed by atoms with Gasteiger partial charge in [-0.2, -0.15) is 0 Å². The molecule has 1 aromatic heterocycles. The molecule has 2 rings (SSSR count). The van der Waals surface area contributed by atoms with E-state index >= 15 is 0 Å². The molecule has 25 heavy (non-hydrogen) atoms. The van der Waals surface area contributed by atoms with Gasteiger partial charge in [0.05, 0.1) is 18.7 Å². The molecule has 0 saturated carbocycles. The van der Waals surface area contributed by atoms with Crippen LogP contribution in [0.1, 0.15) is 31.2 Å². The zero-order valence-electron chi connectivity index (χ0n) is 14.1. The maximum atomic E-state index is 11.8. The van der Waals surface area contributed by atoms with E-state index in [1.807, 2.05) is 0 Å². The molecule has 0 radical (unpaired) electrons. The van der Waals surface area contributed by atoms with Gasteiger partial charge in [0, 0.05) is 12.6 Å². The van der Waals surface area contributed by atoms with Crippen LogP contribution in [0.4, 0.5) is 5.69 Å². The molecule has 0 unspecified atom stereocenters. The van der Waals surface area contributed by atoms with Crippen molar-refractivity contribution in [1.29, 1.82) is 0 Å². The van der Waals surface area contributed by atoms with Crippen LogP contribution < -0.4 is 10.6 Å². The first-order chi connectivity index (χ1) is 11.9. The standard InChI is InChI=1S/C18H20N2O5/c1-12(16-4-3-9-24-16)19-17(22)11-25-18(23)10-14-5-7-15(8-6-14)20-13(2)21/h3-9,12H,10-11H2,1-2H3,(H,19,22)(H,20,21)/t12-/m1/s1. The molecule has 2 N–H and O–H groups in total. The minimum Gasteiger partial charge on any atom is -0.467 e. The fourth-order valence-electron chi connectivity index (χ4n) is 2.16. The van der Waals surface area contributed by atoms with Gasteiger partial charge in [0.15, 0.2) is 6.61 Å². The van der Waals surface area contributed by atoms with Gasteiger partial charge in [-0.05, 0) is 36.8 Å². The Hall–Kier alpha value is -3.09. The topological polar surface area (TPSA) is 97.6 Å². The van der Waals surface area contributed by atoms with Crippen LogP contribution in [0, 0.1) is 0 Å². The van der Waals surface area contributed by atoms with Gasteiger partial charge in [-0.3, -0.25) is 14.4 Å². The lowest BCUT2D eigenvalue weighted by Crippen LogP contribution is -2.31. The number of amides is 2. The number of hydrogen-bond donors (Lipinski definition) is 2. The van der Waals surface area contributed by atoms with Crippen LogP contribution in [0.3, 0.4) is 0 Å². The molecule has 7 heteroatoms. The second-order valence-electron chi connectivity index (χ2n) is 5.52. The lowest BCUT2D eigenvalue weighted by molar-refractivity contribution is -0.148. The summed E-state index contributed by atoms with van der Waals surface area (Å²) in [6.07, 6.45) is 1.57. The Kier molecular flexibility index (Phi) is 6.33. The molecular weight excluding hydrogens is 324 g/mol. The highest BCUT2D eigenvalue weighted by Gasteiger charge is 2.13. The number of carbonyl (C=O) groups excluding carboxylic acids is 3. The summed E-state index contributed by atoms with van der Waals surface area (Å²) in [5, 5.41) is 5.32. The number of hydrogen-bond acceptors (Lipinski definition) is 5. The Labute approximate surface area is 145 Å². The highest BCUT2D eigenvalue weighted by molar-refractivity contribution is 5.88. The normalized spacial score (nSPS) is 11.4. The van der Waals surface area contributed by atoms with E-state index in [1.165, 1.54) is 13.2 Å². The van der Waals surface area contributed by atoms with Gasteiger partial charge in [-0.15, -0.1) is 0 Å². The van der Waals surface area contributed by atoms with Crippen molar-refractivity contribution in [1.82, 2.24) is 5.32 Å². The Morgan fingerprint density at radius 3 is 2.48 bits per heavy atom. The number of ether oxygens (including phenoxy) is 1. The number of nitrogens with one attached hydrogen (secondary N) is 2. The first kappa shape index (κ1) is 18.3. The van der Waals surface area contributed by atoms with E-state index in [0.29, 0.717) is 11.4 Å². The van der Waals surface area contributed by atoms with E-state index in [1.54, 1.807) is 43.3 Å². The third-order valence-electron chi connectivity index (χ3n) is 3.33. The summed E-state index contributed by atoms with van der Waals surface area (Å²) < 4.78 is 10.2. The number of benzene rings is 1. The Balaban J connectivity index is 1.74. The summed E-state index contributed by atoms with van der Waals surface area (Å²) in [5.74, 6) is -0.452. The van der Waals surface area contributed by atoms with Gasteiger partial charge in [0.25, 0.3) is 5.91 Å². The second kappa shape index (κ2) is 8.68. The fourth-order valence-corrected chi connectivity index (χ4v) is 2.16. The van der Waals surface area contributed by atoms with Crippen molar-refractivity contribution in [3.63, 3.8) is 0 Å². The minimum atomic E-state index is -0.506. The summed E-state index contributed by atoms with van der Waals surface area (Å²) in [7, 11) is 0. The zero-order valence-corrected chi connectivity index (χ0v) is 14.1. The summed E-state index contributed by atoms with van der Waals surface area (Å²) in [4.78, 5) is 34.5. The molecule has 0 saturated heterocycles. The average molecular weight is 344 g/mol. The molecule has 7 nitrogen and oxygen atoms in total. The fraction of sp³-hybridized carbons (Fsp3) is 0.278. The van der Waals surface area contributed by atoms with Crippen molar-refractivity contribution in [3.8, 4) is 0 Å². The molecule has 0 aliphatic heterocycles. The van der Waals surface area contributed by atoms with Crippen molar-refractivity contribution in [2.45, 2.75) is 26.3 Å². The number of anilines is 1. The Morgan fingerprint density at radius 1 is 1.16 bits per heavy atom. The monoisotopic (exact) mass is 344 g/mol. The van der Waals surface area contributed by atoms with Crippen LogP contribution in [0.2, 0.25) is 0 Å². The lowest BCUT2D eigenvalue weighted by atomic mass is 10.1. The molecule has 0 fully saturated rings. The van der Waals surface area contributed by atoms with Crippen molar-refractivity contribution >= 4 is 23.5 Å². The molecule has 0 spiro atoms. The van der Waals surface area contributed by atoms with Gasteiger partial charge in [-0.1, -0.05) is 12.1 Å². The van der Waals surface area contributed by atoms with Crippen LogP contribution in [0.15, 0.2) is 47.1 Å². The third kappa shape index (κ3) is 6.14.